The van der Waals surface area contributed by atoms with Gasteiger partial charge in [-0.15, -0.1) is 0 Å². The number of aliphatic imine (C=N–C) groups is 1. The standard InChI is InChI=1S/C25H28F3N5O2/c1-6-33-17(4)20(16(3)32-33)14-29-24(30-21-13-15(2)7-12-22(21)35-5)31-23(34)18-8-10-19(11-9-18)25(26,27)28/h7-13H,6,14H2,1-5H3,(H2,29,30,31,34). The summed E-state index contributed by atoms with van der Waals surface area (Å²) in [6, 6.07) is 9.50. The summed E-state index contributed by atoms with van der Waals surface area (Å²) in [4.78, 5) is 17.4. The van der Waals surface area contributed by atoms with E-state index in [9.17, 15) is 18.0 Å². The molecule has 0 radical (unpaired) electrons. The van der Waals surface area contributed by atoms with Crippen molar-refractivity contribution >= 4 is 17.6 Å². The van der Waals surface area contributed by atoms with E-state index in [1.54, 1.807) is 6.07 Å². The largest absolute Gasteiger partial charge is 0.495 e. The number of alkyl halides is 3. The predicted molar refractivity (Wildman–Crippen MR) is 129 cm³/mol. The average molecular weight is 488 g/mol. The molecule has 2 aromatic carbocycles. The van der Waals surface area contributed by atoms with Gasteiger partial charge in [-0.3, -0.25) is 14.8 Å². The number of amides is 1. The Morgan fingerprint density at radius 2 is 1.80 bits per heavy atom. The molecule has 0 fully saturated rings. The van der Waals surface area contributed by atoms with Gasteiger partial charge in [0.15, 0.2) is 0 Å². The van der Waals surface area contributed by atoms with E-state index >= 15 is 0 Å². The van der Waals surface area contributed by atoms with Crippen LogP contribution in [0.2, 0.25) is 0 Å². The highest BCUT2D eigenvalue weighted by Gasteiger charge is 2.30. The average Bonchev–Trinajstić information content (AvgIpc) is 3.09. The summed E-state index contributed by atoms with van der Waals surface area (Å²) < 4.78 is 45.9. The van der Waals surface area contributed by atoms with Crippen LogP contribution in [0, 0.1) is 20.8 Å². The lowest BCUT2D eigenvalue weighted by atomic mass is 10.1. The molecule has 0 aliphatic heterocycles. The van der Waals surface area contributed by atoms with Crippen LogP contribution in [0.5, 0.6) is 5.75 Å². The van der Waals surface area contributed by atoms with E-state index in [1.807, 2.05) is 44.5 Å². The van der Waals surface area contributed by atoms with E-state index in [2.05, 4.69) is 20.7 Å². The van der Waals surface area contributed by atoms with E-state index in [1.165, 1.54) is 7.11 Å². The van der Waals surface area contributed by atoms with Crippen LogP contribution in [-0.2, 0) is 19.3 Å². The Kier molecular flexibility index (Phi) is 7.83. The molecule has 0 aliphatic rings. The summed E-state index contributed by atoms with van der Waals surface area (Å²) in [5, 5.41) is 10.3. The summed E-state index contributed by atoms with van der Waals surface area (Å²) in [5.74, 6) is 0.0642. The molecule has 0 saturated carbocycles. The van der Waals surface area contributed by atoms with Crippen LogP contribution >= 0.6 is 0 Å². The van der Waals surface area contributed by atoms with Gasteiger partial charge >= 0.3 is 6.18 Å². The van der Waals surface area contributed by atoms with Crippen LogP contribution in [0.3, 0.4) is 0 Å². The first-order valence-corrected chi connectivity index (χ1v) is 11.0. The third-order valence-corrected chi connectivity index (χ3v) is 5.54. The normalized spacial score (nSPS) is 11.9. The second-order valence-corrected chi connectivity index (χ2v) is 7.99. The first kappa shape index (κ1) is 25.8. The lowest BCUT2D eigenvalue weighted by Gasteiger charge is -2.15. The zero-order chi connectivity index (χ0) is 25.8. The van der Waals surface area contributed by atoms with Gasteiger partial charge in [0.2, 0.25) is 5.96 Å². The van der Waals surface area contributed by atoms with Crippen molar-refractivity contribution in [3.8, 4) is 5.75 Å². The molecule has 35 heavy (non-hydrogen) atoms. The van der Waals surface area contributed by atoms with Crippen LogP contribution < -0.4 is 15.4 Å². The molecule has 2 N–H and O–H groups in total. The van der Waals surface area contributed by atoms with Crippen molar-refractivity contribution in [3.63, 3.8) is 0 Å². The summed E-state index contributed by atoms with van der Waals surface area (Å²) in [7, 11) is 1.53. The number of guanidine groups is 1. The molecular weight excluding hydrogens is 459 g/mol. The Bertz CT molecular complexity index is 1230. The Balaban J connectivity index is 1.92. The number of carbonyl (C=O) groups excluding carboxylic acids is 1. The van der Waals surface area contributed by atoms with Crippen molar-refractivity contribution in [2.75, 3.05) is 12.4 Å². The van der Waals surface area contributed by atoms with Crippen LogP contribution in [0.1, 0.15) is 45.4 Å². The minimum absolute atomic E-state index is 0.0647. The molecule has 10 heteroatoms. The number of anilines is 1. The number of hydrogen-bond acceptors (Lipinski definition) is 4. The molecule has 1 heterocycles. The van der Waals surface area contributed by atoms with Gasteiger partial charge in [0.05, 0.1) is 30.6 Å². The van der Waals surface area contributed by atoms with Crippen molar-refractivity contribution in [2.24, 2.45) is 4.99 Å². The van der Waals surface area contributed by atoms with E-state index in [-0.39, 0.29) is 18.1 Å². The topological polar surface area (TPSA) is 80.5 Å². The highest BCUT2D eigenvalue weighted by Crippen LogP contribution is 2.29. The molecule has 7 nitrogen and oxygen atoms in total. The van der Waals surface area contributed by atoms with Gasteiger partial charge in [-0.25, -0.2) is 4.99 Å². The molecule has 186 valence electrons. The lowest BCUT2D eigenvalue weighted by molar-refractivity contribution is -0.137. The molecule has 0 bridgehead atoms. The number of benzene rings is 2. The molecule has 3 aromatic rings. The molecule has 0 saturated heterocycles. The van der Waals surface area contributed by atoms with Crippen LogP contribution in [0.25, 0.3) is 0 Å². The fourth-order valence-electron chi connectivity index (χ4n) is 3.58. The quantitative estimate of drug-likeness (QED) is 0.368. The van der Waals surface area contributed by atoms with Crippen molar-refractivity contribution in [1.29, 1.82) is 0 Å². The zero-order valence-corrected chi connectivity index (χ0v) is 20.2. The van der Waals surface area contributed by atoms with Crippen molar-refractivity contribution in [1.82, 2.24) is 15.1 Å². The van der Waals surface area contributed by atoms with Crippen LogP contribution in [0.4, 0.5) is 18.9 Å². The summed E-state index contributed by atoms with van der Waals surface area (Å²) in [5.41, 5.74) is 3.49. The van der Waals surface area contributed by atoms with Gasteiger partial charge in [0.1, 0.15) is 5.75 Å². The molecule has 1 aromatic heterocycles. The minimum Gasteiger partial charge on any atom is -0.495 e. The van der Waals surface area contributed by atoms with Crippen molar-refractivity contribution in [3.05, 3.63) is 76.1 Å². The van der Waals surface area contributed by atoms with Gasteiger partial charge in [-0.05, 0) is 69.7 Å². The minimum atomic E-state index is -4.48. The maximum absolute atomic E-state index is 12.9. The molecule has 1 amide bonds. The van der Waals surface area contributed by atoms with Crippen molar-refractivity contribution < 1.29 is 22.7 Å². The van der Waals surface area contributed by atoms with Crippen LogP contribution in [-0.4, -0.2) is 28.8 Å². The van der Waals surface area contributed by atoms with Gasteiger partial charge in [-0.2, -0.15) is 18.3 Å². The van der Waals surface area contributed by atoms with Crippen molar-refractivity contribution in [2.45, 2.75) is 47.0 Å². The molecule has 3 rings (SSSR count). The third kappa shape index (κ3) is 6.20. The number of carbonyl (C=O) groups is 1. The predicted octanol–water partition coefficient (Wildman–Crippen LogP) is 5.25. The highest BCUT2D eigenvalue weighted by molar-refractivity contribution is 6.10. The van der Waals surface area contributed by atoms with Gasteiger partial charge < -0.3 is 10.1 Å². The van der Waals surface area contributed by atoms with E-state index in [0.29, 0.717) is 18.0 Å². The Hall–Kier alpha value is -3.82. The molecule has 0 spiro atoms. The first-order chi connectivity index (χ1) is 16.5. The van der Waals surface area contributed by atoms with Gasteiger partial charge in [0.25, 0.3) is 5.91 Å². The number of methoxy groups -OCH3 is 1. The maximum Gasteiger partial charge on any atom is 0.416 e. The smallest absolute Gasteiger partial charge is 0.416 e. The second-order valence-electron chi connectivity index (χ2n) is 7.99. The Labute approximate surface area is 202 Å². The number of halogens is 3. The maximum atomic E-state index is 12.9. The SMILES string of the molecule is CCn1nc(C)c(CN=C(NC(=O)c2ccc(C(F)(F)F)cc2)Nc2cc(C)ccc2OC)c1C. The fraction of sp³-hybridized carbons (Fsp3) is 0.320. The van der Waals surface area contributed by atoms with E-state index in [0.717, 1.165) is 46.8 Å². The zero-order valence-electron chi connectivity index (χ0n) is 20.2. The second kappa shape index (κ2) is 10.6. The lowest BCUT2D eigenvalue weighted by Crippen LogP contribution is -2.36. The number of hydrogen-bond donors (Lipinski definition) is 2. The molecule has 0 unspecified atom stereocenters. The first-order valence-electron chi connectivity index (χ1n) is 11.0. The monoisotopic (exact) mass is 487 g/mol. The summed E-state index contributed by atoms with van der Waals surface area (Å²) in [6.45, 7) is 8.70. The third-order valence-electron chi connectivity index (χ3n) is 5.54. The number of nitrogens with zero attached hydrogens (tertiary/aromatic N) is 3. The Morgan fingerprint density at radius 1 is 1.11 bits per heavy atom. The Morgan fingerprint density at radius 3 is 2.37 bits per heavy atom. The molecular formula is C25H28F3N5O2. The number of aryl methyl sites for hydroxylation is 3. The number of aromatic nitrogens is 2. The highest BCUT2D eigenvalue weighted by atomic mass is 19.4. The number of rotatable bonds is 6. The van der Waals surface area contributed by atoms with Crippen LogP contribution in [0.15, 0.2) is 47.5 Å². The fourth-order valence-corrected chi connectivity index (χ4v) is 3.58. The van der Waals surface area contributed by atoms with E-state index < -0.39 is 17.6 Å². The van der Waals surface area contributed by atoms with Gasteiger partial charge in [-0.1, -0.05) is 6.07 Å². The number of nitrogens with one attached hydrogen (secondary N) is 2. The number of ether oxygens (including phenoxy) is 1. The summed E-state index contributed by atoms with van der Waals surface area (Å²) >= 11 is 0. The molecule has 0 atom stereocenters. The molecule has 0 aliphatic carbocycles. The summed E-state index contributed by atoms with van der Waals surface area (Å²) in [6.07, 6.45) is -4.48. The van der Waals surface area contributed by atoms with E-state index in [4.69, 9.17) is 4.74 Å². The van der Waals surface area contributed by atoms with Gasteiger partial charge in [0, 0.05) is 23.4 Å².